The number of hydrogen-bond acceptors (Lipinski definition) is 3. The molecule has 0 aliphatic rings. The third-order valence-corrected chi connectivity index (χ3v) is 4.31. The predicted octanol–water partition coefficient (Wildman–Crippen LogP) is 5.33. The molecule has 0 saturated heterocycles. The van der Waals surface area contributed by atoms with Crippen LogP contribution in [0.25, 0.3) is 0 Å². The fraction of sp³-hybridized carbons (Fsp3) is 0.208. The van der Waals surface area contributed by atoms with Gasteiger partial charge in [-0.25, -0.2) is 0 Å². The standard InChI is InChI=1S/C24H25NO3/c1-3-27-20-14-15-23(28-4-2)22(17-20)25-24(26)21-13-9-8-12-19(21)16-18-10-6-5-7-11-18/h5-15,17H,3-4,16H2,1-2H3,(H,25,26). The zero-order valence-electron chi connectivity index (χ0n) is 16.3. The van der Waals surface area contributed by atoms with Crippen LogP contribution in [0.1, 0.15) is 35.3 Å². The van der Waals surface area contributed by atoms with Gasteiger partial charge in [-0.1, -0.05) is 48.5 Å². The summed E-state index contributed by atoms with van der Waals surface area (Å²) < 4.78 is 11.2. The van der Waals surface area contributed by atoms with E-state index in [1.807, 2.05) is 68.4 Å². The first kappa shape index (κ1) is 19.5. The van der Waals surface area contributed by atoms with E-state index >= 15 is 0 Å². The van der Waals surface area contributed by atoms with Crippen molar-refractivity contribution >= 4 is 11.6 Å². The van der Waals surface area contributed by atoms with Gasteiger partial charge in [-0.2, -0.15) is 0 Å². The van der Waals surface area contributed by atoms with Crippen LogP contribution in [0.2, 0.25) is 0 Å². The highest BCUT2D eigenvalue weighted by atomic mass is 16.5. The maximum Gasteiger partial charge on any atom is 0.256 e. The van der Waals surface area contributed by atoms with Gasteiger partial charge in [-0.05, 0) is 49.6 Å². The van der Waals surface area contributed by atoms with Crippen molar-refractivity contribution in [2.75, 3.05) is 18.5 Å². The summed E-state index contributed by atoms with van der Waals surface area (Å²) in [4.78, 5) is 13.0. The fourth-order valence-corrected chi connectivity index (χ4v) is 3.05. The van der Waals surface area contributed by atoms with E-state index in [9.17, 15) is 4.79 Å². The molecule has 0 aliphatic heterocycles. The van der Waals surface area contributed by atoms with E-state index < -0.39 is 0 Å². The van der Waals surface area contributed by atoms with Crippen LogP contribution in [-0.4, -0.2) is 19.1 Å². The summed E-state index contributed by atoms with van der Waals surface area (Å²) >= 11 is 0. The second-order valence-electron chi connectivity index (χ2n) is 6.30. The Hall–Kier alpha value is -3.27. The lowest BCUT2D eigenvalue weighted by atomic mass is 9.99. The summed E-state index contributed by atoms with van der Waals surface area (Å²) in [5.74, 6) is 1.15. The molecule has 0 aromatic heterocycles. The monoisotopic (exact) mass is 375 g/mol. The molecule has 0 heterocycles. The highest BCUT2D eigenvalue weighted by Gasteiger charge is 2.15. The lowest BCUT2D eigenvalue weighted by Crippen LogP contribution is -2.15. The maximum absolute atomic E-state index is 13.0. The van der Waals surface area contributed by atoms with E-state index in [-0.39, 0.29) is 5.91 Å². The van der Waals surface area contributed by atoms with Gasteiger partial charge >= 0.3 is 0 Å². The summed E-state index contributed by atoms with van der Waals surface area (Å²) in [5, 5.41) is 2.99. The first-order valence-corrected chi connectivity index (χ1v) is 9.54. The van der Waals surface area contributed by atoms with Crippen molar-refractivity contribution in [3.05, 3.63) is 89.5 Å². The van der Waals surface area contributed by atoms with Gasteiger partial charge in [0.15, 0.2) is 0 Å². The molecule has 1 N–H and O–H groups in total. The van der Waals surface area contributed by atoms with Crippen molar-refractivity contribution in [3.63, 3.8) is 0 Å². The Kier molecular flexibility index (Phi) is 6.68. The molecule has 0 bridgehead atoms. The fourth-order valence-electron chi connectivity index (χ4n) is 3.05. The van der Waals surface area contributed by atoms with Crippen molar-refractivity contribution in [3.8, 4) is 11.5 Å². The second kappa shape index (κ2) is 9.60. The number of hydrogen-bond donors (Lipinski definition) is 1. The van der Waals surface area contributed by atoms with E-state index in [0.29, 0.717) is 42.4 Å². The van der Waals surface area contributed by atoms with Crippen molar-refractivity contribution in [1.82, 2.24) is 0 Å². The number of nitrogens with one attached hydrogen (secondary N) is 1. The summed E-state index contributed by atoms with van der Waals surface area (Å²) in [6.07, 6.45) is 0.696. The van der Waals surface area contributed by atoms with E-state index in [1.54, 1.807) is 6.07 Å². The molecule has 0 spiro atoms. The number of rotatable bonds is 8. The van der Waals surface area contributed by atoms with Crippen LogP contribution in [0.5, 0.6) is 11.5 Å². The van der Waals surface area contributed by atoms with Gasteiger partial charge in [0, 0.05) is 11.6 Å². The Morgan fingerprint density at radius 2 is 1.57 bits per heavy atom. The largest absolute Gasteiger partial charge is 0.494 e. The Morgan fingerprint density at radius 3 is 2.32 bits per heavy atom. The number of amides is 1. The Balaban J connectivity index is 1.86. The SMILES string of the molecule is CCOc1ccc(OCC)c(NC(=O)c2ccccc2Cc2ccccc2)c1. The third-order valence-electron chi connectivity index (χ3n) is 4.31. The van der Waals surface area contributed by atoms with Crippen molar-refractivity contribution in [1.29, 1.82) is 0 Å². The molecule has 4 nitrogen and oxygen atoms in total. The van der Waals surface area contributed by atoms with Crippen LogP contribution in [0, 0.1) is 0 Å². The molecule has 0 aliphatic carbocycles. The molecule has 0 unspecified atom stereocenters. The van der Waals surface area contributed by atoms with Crippen molar-refractivity contribution in [2.24, 2.45) is 0 Å². The first-order chi connectivity index (χ1) is 13.7. The molecule has 1 amide bonds. The first-order valence-electron chi connectivity index (χ1n) is 9.54. The molecule has 0 atom stereocenters. The summed E-state index contributed by atoms with van der Waals surface area (Å²) in [6.45, 7) is 4.91. The van der Waals surface area contributed by atoms with Gasteiger partial charge in [-0.3, -0.25) is 4.79 Å². The van der Waals surface area contributed by atoms with Crippen molar-refractivity contribution < 1.29 is 14.3 Å². The molecule has 4 heteroatoms. The topological polar surface area (TPSA) is 47.6 Å². The van der Waals surface area contributed by atoms with Crippen molar-refractivity contribution in [2.45, 2.75) is 20.3 Å². The molecule has 28 heavy (non-hydrogen) atoms. The van der Waals surface area contributed by atoms with E-state index in [0.717, 1.165) is 11.1 Å². The minimum atomic E-state index is -0.166. The van der Waals surface area contributed by atoms with Gasteiger partial charge in [0.25, 0.3) is 5.91 Å². The smallest absolute Gasteiger partial charge is 0.256 e. The average Bonchev–Trinajstić information content (AvgIpc) is 2.71. The summed E-state index contributed by atoms with van der Waals surface area (Å²) in [6, 6.07) is 23.3. The minimum absolute atomic E-state index is 0.166. The van der Waals surface area contributed by atoms with Crippen LogP contribution in [0.4, 0.5) is 5.69 Å². The van der Waals surface area contributed by atoms with Gasteiger partial charge < -0.3 is 14.8 Å². The lowest BCUT2D eigenvalue weighted by molar-refractivity contribution is 0.102. The summed E-state index contributed by atoms with van der Waals surface area (Å²) in [7, 11) is 0. The Morgan fingerprint density at radius 1 is 0.857 bits per heavy atom. The lowest BCUT2D eigenvalue weighted by Gasteiger charge is -2.15. The molecule has 3 aromatic rings. The zero-order chi connectivity index (χ0) is 19.8. The molecule has 0 saturated carbocycles. The maximum atomic E-state index is 13.0. The number of benzene rings is 3. The van der Waals surface area contributed by atoms with E-state index in [2.05, 4.69) is 17.4 Å². The molecular formula is C24H25NO3. The zero-order valence-corrected chi connectivity index (χ0v) is 16.3. The molecule has 0 radical (unpaired) electrons. The number of carbonyl (C=O) groups excluding carboxylic acids is 1. The number of anilines is 1. The van der Waals surface area contributed by atoms with E-state index in [4.69, 9.17) is 9.47 Å². The average molecular weight is 375 g/mol. The normalized spacial score (nSPS) is 10.4. The Labute approximate surface area is 166 Å². The quantitative estimate of drug-likeness (QED) is 0.579. The molecule has 144 valence electrons. The van der Waals surface area contributed by atoms with E-state index in [1.165, 1.54) is 0 Å². The van der Waals surface area contributed by atoms with Gasteiger partial charge in [-0.15, -0.1) is 0 Å². The van der Waals surface area contributed by atoms with Gasteiger partial charge in [0.1, 0.15) is 11.5 Å². The van der Waals surface area contributed by atoms with Gasteiger partial charge in [0.05, 0.1) is 18.9 Å². The minimum Gasteiger partial charge on any atom is -0.494 e. The van der Waals surface area contributed by atoms with Crippen LogP contribution in [-0.2, 0) is 6.42 Å². The number of carbonyl (C=O) groups is 1. The third kappa shape index (κ3) is 4.92. The molecular weight excluding hydrogens is 350 g/mol. The van der Waals surface area contributed by atoms with Crippen LogP contribution in [0.15, 0.2) is 72.8 Å². The molecule has 3 rings (SSSR count). The molecule has 3 aromatic carbocycles. The van der Waals surface area contributed by atoms with Crippen LogP contribution >= 0.6 is 0 Å². The summed E-state index contributed by atoms with van der Waals surface area (Å²) in [5.41, 5.74) is 3.39. The Bertz CT molecular complexity index is 922. The highest BCUT2D eigenvalue weighted by Crippen LogP contribution is 2.30. The van der Waals surface area contributed by atoms with Crippen LogP contribution < -0.4 is 14.8 Å². The highest BCUT2D eigenvalue weighted by molar-refractivity contribution is 6.06. The predicted molar refractivity (Wildman–Crippen MR) is 112 cm³/mol. The molecule has 0 fully saturated rings. The second-order valence-corrected chi connectivity index (χ2v) is 6.30. The van der Waals surface area contributed by atoms with Gasteiger partial charge in [0.2, 0.25) is 0 Å². The number of ether oxygens (including phenoxy) is 2. The van der Waals surface area contributed by atoms with Crippen LogP contribution in [0.3, 0.4) is 0 Å².